The number of benzene rings is 1. The van der Waals surface area contributed by atoms with E-state index in [-0.39, 0.29) is 17.4 Å². The first-order chi connectivity index (χ1) is 12.0. The van der Waals surface area contributed by atoms with Crippen LogP contribution >= 0.6 is 11.6 Å². The van der Waals surface area contributed by atoms with Gasteiger partial charge in [-0.3, -0.25) is 9.59 Å². The number of hydrogen-bond donors (Lipinski definition) is 0. The summed E-state index contributed by atoms with van der Waals surface area (Å²) < 4.78 is 6.11. The topological polar surface area (TPSA) is 43.4 Å². The van der Waals surface area contributed by atoms with Crippen LogP contribution in [0.2, 0.25) is 5.02 Å². The van der Waals surface area contributed by atoms with Crippen LogP contribution in [-0.2, 0) is 16.0 Å². The van der Waals surface area contributed by atoms with Crippen molar-refractivity contribution in [1.82, 2.24) is 0 Å². The summed E-state index contributed by atoms with van der Waals surface area (Å²) in [6.07, 6.45) is 8.24. The Morgan fingerprint density at radius 2 is 1.72 bits per heavy atom. The highest BCUT2D eigenvalue weighted by Crippen LogP contribution is 2.57. The van der Waals surface area contributed by atoms with Gasteiger partial charge in [-0.15, -0.1) is 0 Å². The summed E-state index contributed by atoms with van der Waals surface area (Å²) in [7, 11) is 0. The van der Waals surface area contributed by atoms with E-state index in [1.165, 1.54) is 19.3 Å². The van der Waals surface area contributed by atoms with Gasteiger partial charge in [0, 0.05) is 10.6 Å². The van der Waals surface area contributed by atoms with Crippen LogP contribution in [0.3, 0.4) is 0 Å². The zero-order chi connectivity index (χ0) is 17.2. The largest absolute Gasteiger partial charge is 0.458 e. The van der Waals surface area contributed by atoms with Crippen molar-refractivity contribution in [3.8, 4) is 0 Å². The third-order valence-electron chi connectivity index (χ3n) is 6.94. The minimum absolute atomic E-state index is 0.113. The van der Waals surface area contributed by atoms with Crippen molar-refractivity contribution >= 4 is 23.4 Å². The number of Topliss-reactive ketones (excluding diaryl/α,β-unsaturated/α-hetero) is 1. The first kappa shape index (κ1) is 15.9. The molecule has 1 aromatic carbocycles. The molecule has 5 aliphatic carbocycles. The lowest BCUT2D eigenvalue weighted by molar-refractivity contribution is -0.189. The molecule has 0 radical (unpaired) electrons. The molecule has 4 bridgehead atoms. The van der Waals surface area contributed by atoms with E-state index in [4.69, 9.17) is 16.3 Å². The average Bonchev–Trinajstić information content (AvgIpc) is 2.54. The molecule has 0 N–H and O–H groups in total. The summed E-state index contributed by atoms with van der Waals surface area (Å²) >= 11 is 6.05. The molecule has 4 fully saturated rings. The molecule has 0 aliphatic heterocycles. The number of ketones is 1. The first-order valence-corrected chi connectivity index (χ1v) is 9.95. The number of fused-ring (bicyclic) bond motifs is 1. The molecular weight excluding hydrogens is 336 g/mol. The van der Waals surface area contributed by atoms with E-state index in [0.717, 1.165) is 49.0 Å². The van der Waals surface area contributed by atoms with Gasteiger partial charge in [0.15, 0.2) is 5.78 Å². The summed E-state index contributed by atoms with van der Waals surface area (Å²) in [6, 6.07) is 5.40. The molecule has 0 heterocycles. The zero-order valence-electron chi connectivity index (χ0n) is 14.3. The Hall–Kier alpha value is -1.35. The van der Waals surface area contributed by atoms with Crippen molar-refractivity contribution in [3.63, 3.8) is 0 Å². The van der Waals surface area contributed by atoms with Gasteiger partial charge >= 0.3 is 5.97 Å². The Labute approximate surface area is 153 Å². The predicted molar refractivity (Wildman–Crippen MR) is 94.6 cm³/mol. The van der Waals surface area contributed by atoms with Gasteiger partial charge in [-0.1, -0.05) is 17.7 Å². The summed E-state index contributed by atoms with van der Waals surface area (Å²) in [6.45, 7) is 0. The van der Waals surface area contributed by atoms with Crippen LogP contribution in [-0.4, -0.2) is 17.4 Å². The van der Waals surface area contributed by atoms with Crippen molar-refractivity contribution < 1.29 is 14.3 Å². The number of rotatable bonds is 2. The van der Waals surface area contributed by atoms with E-state index in [1.807, 2.05) is 12.1 Å². The molecule has 4 heteroatoms. The summed E-state index contributed by atoms with van der Waals surface area (Å²) in [5.74, 6) is 1.11. The molecule has 6 rings (SSSR count). The van der Waals surface area contributed by atoms with E-state index in [0.29, 0.717) is 17.0 Å². The molecule has 0 amide bonds. The lowest BCUT2D eigenvalue weighted by atomic mass is 9.54. The molecular formula is C21H23ClO3. The van der Waals surface area contributed by atoms with E-state index in [9.17, 15) is 9.59 Å². The number of esters is 1. The number of halogens is 1. The summed E-state index contributed by atoms with van der Waals surface area (Å²) in [5, 5.41) is 0.544. The Balaban J connectivity index is 1.36. The molecule has 132 valence electrons. The molecule has 1 unspecified atom stereocenters. The molecule has 0 spiro atoms. The van der Waals surface area contributed by atoms with Crippen LogP contribution in [0, 0.1) is 23.7 Å². The molecule has 0 aromatic heterocycles. The molecule has 4 saturated carbocycles. The van der Waals surface area contributed by atoms with Crippen molar-refractivity contribution in [3.05, 3.63) is 34.3 Å². The quantitative estimate of drug-likeness (QED) is 0.573. The second kappa shape index (κ2) is 5.57. The van der Waals surface area contributed by atoms with Crippen LogP contribution in [0.5, 0.6) is 0 Å². The van der Waals surface area contributed by atoms with Crippen molar-refractivity contribution in [2.45, 2.75) is 57.0 Å². The average molecular weight is 359 g/mol. The van der Waals surface area contributed by atoms with E-state index in [2.05, 4.69) is 0 Å². The van der Waals surface area contributed by atoms with E-state index in [1.54, 1.807) is 6.07 Å². The minimum Gasteiger partial charge on any atom is -0.458 e. The summed E-state index contributed by atoms with van der Waals surface area (Å²) in [4.78, 5) is 25.7. The fraction of sp³-hybridized carbons (Fsp3) is 0.619. The van der Waals surface area contributed by atoms with Crippen LogP contribution in [0.25, 0.3) is 0 Å². The zero-order valence-corrected chi connectivity index (χ0v) is 15.1. The molecule has 25 heavy (non-hydrogen) atoms. The van der Waals surface area contributed by atoms with Gasteiger partial charge in [0.05, 0.1) is 0 Å². The summed E-state index contributed by atoms with van der Waals surface area (Å²) in [5.41, 5.74) is 1.32. The second-order valence-corrected chi connectivity index (χ2v) is 9.22. The lowest BCUT2D eigenvalue weighted by Gasteiger charge is -2.55. The molecule has 5 aliphatic rings. The van der Waals surface area contributed by atoms with Gasteiger partial charge in [-0.2, -0.15) is 0 Å². The van der Waals surface area contributed by atoms with Gasteiger partial charge < -0.3 is 4.74 Å². The number of aryl methyl sites for hydroxylation is 1. The van der Waals surface area contributed by atoms with Crippen molar-refractivity contribution in [1.29, 1.82) is 0 Å². The Bertz CT molecular complexity index is 718. The molecule has 1 aromatic rings. The maximum Gasteiger partial charge on any atom is 0.317 e. The van der Waals surface area contributed by atoms with Gasteiger partial charge in [-0.05, 0) is 86.8 Å². The predicted octanol–water partition coefficient (Wildman–Crippen LogP) is 4.60. The van der Waals surface area contributed by atoms with Gasteiger partial charge in [0.25, 0.3) is 0 Å². The second-order valence-electron chi connectivity index (χ2n) is 8.78. The monoisotopic (exact) mass is 358 g/mol. The van der Waals surface area contributed by atoms with Crippen LogP contribution < -0.4 is 0 Å². The third kappa shape index (κ3) is 2.63. The van der Waals surface area contributed by atoms with E-state index < -0.39 is 5.92 Å². The Morgan fingerprint density at radius 3 is 2.36 bits per heavy atom. The van der Waals surface area contributed by atoms with E-state index >= 15 is 0 Å². The van der Waals surface area contributed by atoms with Crippen molar-refractivity contribution in [2.24, 2.45) is 23.7 Å². The smallest absolute Gasteiger partial charge is 0.317 e. The normalized spacial score (nSPS) is 38.5. The molecule has 0 saturated heterocycles. The number of carbonyl (C=O) groups excluding carboxylic acids is 2. The maximum atomic E-state index is 12.9. The third-order valence-corrected chi connectivity index (χ3v) is 7.17. The fourth-order valence-corrected chi connectivity index (χ4v) is 6.45. The molecule has 3 nitrogen and oxygen atoms in total. The van der Waals surface area contributed by atoms with Gasteiger partial charge in [-0.25, -0.2) is 0 Å². The standard InChI is InChI=1S/C21H23ClO3/c22-16-3-1-15-2-4-17(19(23)18(15)8-16)20(24)25-21-9-12-5-13(10-21)7-14(6-12)11-21/h1,3,8,12-14,17H,2,4-7,9-11H2. The minimum atomic E-state index is -0.654. The SMILES string of the molecule is O=C(OC12CC3CC(CC(C3)C1)C2)C1CCc2ccc(Cl)cc2C1=O. The lowest BCUT2D eigenvalue weighted by Crippen LogP contribution is -2.53. The van der Waals surface area contributed by atoms with Gasteiger partial charge in [0.1, 0.15) is 11.5 Å². The fourth-order valence-electron chi connectivity index (χ4n) is 6.28. The van der Waals surface area contributed by atoms with Crippen molar-refractivity contribution in [2.75, 3.05) is 0 Å². The number of carbonyl (C=O) groups is 2. The first-order valence-electron chi connectivity index (χ1n) is 9.57. The molecule has 1 atom stereocenters. The van der Waals surface area contributed by atoms with Gasteiger partial charge in [0.2, 0.25) is 0 Å². The van der Waals surface area contributed by atoms with Crippen LogP contribution in [0.15, 0.2) is 18.2 Å². The highest BCUT2D eigenvalue weighted by Gasteiger charge is 2.54. The maximum absolute atomic E-state index is 12.9. The Kier molecular flexibility index (Phi) is 3.54. The highest BCUT2D eigenvalue weighted by molar-refractivity contribution is 6.31. The van der Waals surface area contributed by atoms with Crippen LogP contribution in [0.4, 0.5) is 0 Å². The Morgan fingerprint density at radius 1 is 1.08 bits per heavy atom. The number of ether oxygens (including phenoxy) is 1. The van der Waals surface area contributed by atoms with Crippen LogP contribution in [0.1, 0.15) is 60.9 Å². The highest BCUT2D eigenvalue weighted by atomic mass is 35.5. The number of hydrogen-bond acceptors (Lipinski definition) is 3.